The Morgan fingerprint density at radius 2 is 1.70 bits per heavy atom. The first kappa shape index (κ1) is 28.0. The molecule has 0 aromatic heterocycles. The number of carbonyl (C=O) groups excluding carboxylic acids is 1. The largest absolute Gasteiger partial charge is 0.495 e. The monoisotopic (exact) mass is 538 g/mol. The molecule has 3 rings (SSSR count). The van der Waals surface area contributed by atoms with E-state index in [9.17, 15) is 9.00 Å². The number of aliphatic imine (C=N–C) groups is 1. The molecular formula is C28H30N2O5S2. The van der Waals surface area contributed by atoms with Gasteiger partial charge < -0.3 is 19.5 Å². The maximum absolute atomic E-state index is 13.4. The van der Waals surface area contributed by atoms with Crippen molar-refractivity contribution in [1.29, 1.82) is 0 Å². The molecule has 1 amide bonds. The van der Waals surface area contributed by atoms with Crippen molar-refractivity contribution in [3.05, 3.63) is 78.4 Å². The quantitative estimate of drug-likeness (QED) is 0.168. The number of benzene rings is 3. The molecule has 0 aliphatic rings. The second-order valence-electron chi connectivity index (χ2n) is 7.61. The second kappa shape index (κ2) is 13.7. The number of ether oxygens (including phenoxy) is 3. The summed E-state index contributed by atoms with van der Waals surface area (Å²) in [6.45, 7) is 9.26. The molecule has 1 N–H and O–H groups in total. The SMILES string of the molecule is C=Cc1ccc(OC(C(=O)NCSc2c(OC)ccc(OC)c2N=C)c2ccc(S(=O)CC)cc2)cc1. The number of hydrogen-bond acceptors (Lipinski definition) is 7. The minimum absolute atomic E-state index is 0.220. The van der Waals surface area contributed by atoms with E-state index >= 15 is 0 Å². The van der Waals surface area contributed by atoms with Crippen molar-refractivity contribution in [3.63, 3.8) is 0 Å². The van der Waals surface area contributed by atoms with E-state index in [1.54, 1.807) is 68.8 Å². The number of thioether (sulfide) groups is 1. The molecule has 194 valence electrons. The summed E-state index contributed by atoms with van der Waals surface area (Å²) in [5, 5.41) is 2.93. The molecule has 0 spiro atoms. The average molecular weight is 539 g/mol. The van der Waals surface area contributed by atoms with Crippen LogP contribution in [0.1, 0.15) is 24.2 Å². The van der Waals surface area contributed by atoms with Crippen molar-refractivity contribution < 1.29 is 23.2 Å². The van der Waals surface area contributed by atoms with E-state index < -0.39 is 16.9 Å². The van der Waals surface area contributed by atoms with Gasteiger partial charge in [-0.25, -0.2) is 0 Å². The molecule has 0 radical (unpaired) electrons. The number of amides is 1. The molecular weight excluding hydrogens is 508 g/mol. The molecule has 7 nitrogen and oxygen atoms in total. The fraction of sp³-hybridized carbons (Fsp3) is 0.214. The highest BCUT2D eigenvalue weighted by molar-refractivity contribution is 7.99. The number of hydrogen-bond donors (Lipinski definition) is 1. The predicted molar refractivity (Wildman–Crippen MR) is 151 cm³/mol. The smallest absolute Gasteiger partial charge is 0.266 e. The maximum Gasteiger partial charge on any atom is 0.266 e. The van der Waals surface area contributed by atoms with Gasteiger partial charge in [0.25, 0.3) is 5.91 Å². The van der Waals surface area contributed by atoms with Crippen LogP contribution in [0.2, 0.25) is 0 Å². The Morgan fingerprint density at radius 1 is 1.05 bits per heavy atom. The number of nitrogens with one attached hydrogen (secondary N) is 1. The lowest BCUT2D eigenvalue weighted by atomic mass is 10.1. The van der Waals surface area contributed by atoms with Crippen molar-refractivity contribution >= 4 is 46.9 Å². The molecule has 9 heteroatoms. The van der Waals surface area contributed by atoms with Crippen molar-refractivity contribution in [2.24, 2.45) is 4.99 Å². The zero-order chi connectivity index (χ0) is 26.8. The van der Waals surface area contributed by atoms with E-state index in [1.807, 2.05) is 19.1 Å². The van der Waals surface area contributed by atoms with Gasteiger partial charge in [-0.1, -0.05) is 55.6 Å². The summed E-state index contributed by atoms with van der Waals surface area (Å²) in [5.41, 5.74) is 2.12. The Labute approximate surface area is 224 Å². The standard InChI is InChI=1S/C28H30N2O5S2/c1-6-19-8-12-21(13-9-19)35-26(20-10-14-22(15-11-20)37(32)7-2)28(31)30-18-36-27-24(34-5)17-16-23(33-4)25(27)29-3/h6,8-17,26H,1,3,7,18H2,2,4-5H3,(H,30,31). The molecule has 0 heterocycles. The molecule has 2 unspecified atom stereocenters. The third-order valence-corrected chi connectivity index (χ3v) is 7.73. The van der Waals surface area contributed by atoms with Crippen LogP contribution in [0.3, 0.4) is 0 Å². The summed E-state index contributed by atoms with van der Waals surface area (Å²) in [5.74, 6) is 2.09. The van der Waals surface area contributed by atoms with Gasteiger partial charge >= 0.3 is 0 Å². The highest BCUT2D eigenvalue weighted by Gasteiger charge is 2.24. The highest BCUT2D eigenvalue weighted by atomic mass is 32.2. The molecule has 0 fully saturated rings. The van der Waals surface area contributed by atoms with Gasteiger partial charge in [0.15, 0.2) is 0 Å². The van der Waals surface area contributed by atoms with E-state index in [-0.39, 0.29) is 11.8 Å². The van der Waals surface area contributed by atoms with Crippen LogP contribution in [0.25, 0.3) is 6.08 Å². The topological polar surface area (TPSA) is 86.2 Å². The van der Waals surface area contributed by atoms with Gasteiger partial charge in [-0.3, -0.25) is 14.0 Å². The molecule has 0 saturated carbocycles. The average Bonchev–Trinajstić information content (AvgIpc) is 2.95. The van der Waals surface area contributed by atoms with Gasteiger partial charge in [-0.2, -0.15) is 0 Å². The van der Waals surface area contributed by atoms with Crippen LogP contribution in [-0.2, 0) is 15.6 Å². The van der Waals surface area contributed by atoms with Crippen molar-refractivity contribution in [1.82, 2.24) is 5.32 Å². The van der Waals surface area contributed by atoms with Crippen LogP contribution in [0.5, 0.6) is 17.2 Å². The Balaban J connectivity index is 1.82. The van der Waals surface area contributed by atoms with Gasteiger partial charge in [0.1, 0.15) is 22.9 Å². The molecule has 0 bridgehead atoms. The molecule has 2 atom stereocenters. The fourth-order valence-corrected chi connectivity index (χ4v) is 5.20. The summed E-state index contributed by atoms with van der Waals surface area (Å²) in [6.07, 6.45) is 0.806. The number of methoxy groups -OCH3 is 2. The van der Waals surface area contributed by atoms with Crippen LogP contribution < -0.4 is 19.5 Å². The summed E-state index contributed by atoms with van der Waals surface area (Å²) in [7, 11) is 2.03. The van der Waals surface area contributed by atoms with E-state index in [1.165, 1.54) is 11.8 Å². The van der Waals surface area contributed by atoms with Crippen molar-refractivity contribution in [3.8, 4) is 17.2 Å². The zero-order valence-corrected chi connectivity index (χ0v) is 22.7. The van der Waals surface area contributed by atoms with Crippen LogP contribution in [-0.4, -0.2) is 42.7 Å². The minimum atomic E-state index is -1.09. The summed E-state index contributed by atoms with van der Waals surface area (Å²) < 4.78 is 29.1. The molecule has 37 heavy (non-hydrogen) atoms. The van der Waals surface area contributed by atoms with Crippen LogP contribution in [0, 0.1) is 0 Å². The maximum atomic E-state index is 13.4. The van der Waals surface area contributed by atoms with Crippen molar-refractivity contribution in [2.45, 2.75) is 22.8 Å². The minimum Gasteiger partial charge on any atom is -0.495 e. The summed E-state index contributed by atoms with van der Waals surface area (Å²) in [6, 6.07) is 17.9. The van der Waals surface area contributed by atoms with Gasteiger partial charge in [-0.05, 0) is 48.7 Å². The first-order valence-corrected chi connectivity index (χ1v) is 13.8. The number of carbonyl (C=O) groups is 1. The van der Waals surface area contributed by atoms with E-state index in [0.29, 0.717) is 44.0 Å². The predicted octanol–water partition coefficient (Wildman–Crippen LogP) is 5.79. The van der Waals surface area contributed by atoms with Crippen LogP contribution in [0.15, 0.2) is 82.0 Å². The Morgan fingerprint density at radius 3 is 2.27 bits per heavy atom. The van der Waals surface area contributed by atoms with Crippen molar-refractivity contribution in [2.75, 3.05) is 25.8 Å². The Bertz CT molecular complexity index is 1260. The molecule has 0 saturated heterocycles. The highest BCUT2D eigenvalue weighted by Crippen LogP contribution is 2.43. The zero-order valence-electron chi connectivity index (χ0n) is 21.1. The first-order chi connectivity index (χ1) is 17.9. The second-order valence-corrected chi connectivity index (χ2v) is 10.3. The lowest BCUT2D eigenvalue weighted by molar-refractivity contribution is -0.127. The lowest BCUT2D eigenvalue weighted by Crippen LogP contribution is -2.32. The van der Waals surface area contributed by atoms with E-state index in [2.05, 4.69) is 23.6 Å². The van der Waals surface area contributed by atoms with Gasteiger partial charge in [0, 0.05) is 16.2 Å². The van der Waals surface area contributed by atoms with Gasteiger partial charge in [0.05, 0.1) is 35.8 Å². The first-order valence-electron chi connectivity index (χ1n) is 11.4. The van der Waals surface area contributed by atoms with Gasteiger partial charge in [-0.15, -0.1) is 0 Å². The lowest BCUT2D eigenvalue weighted by Gasteiger charge is -2.20. The van der Waals surface area contributed by atoms with Gasteiger partial charge in [0.2, 0.25) is 6.10 Å². The summed E-state index contributed by atoms with van der Waals surface area (Å²) >= 11 is 1.34. The summed E-state index contributed by atoms with van der Waals surface area (Å²) in [4.78, 5) is 18.8. The molecule has 3 aromatic carbocycles. The molecule has 0 aliphatic carbocycles. The van der Waals surface area contributed by atoms with Crippen LogP contribution >= 0.6 is 11.8 Å². The van der Waals surface area contributed by atoms with E-state index in [4.69, 9.17) is 14.2 Å². The third kappa shape index (κ3) is 7.02. The Hall–Kier alpha value is -3.56. The third-order valence-electron chi connectivity index (χ3n) is 5.43. The molecule has 3 aromatic rings. The number of nitrogens with zero attached hydrogens (tertiary/aromatic N) is 1. The number of rotatable bonds is 13. The van der Waals surface area contributed by atoms with Crippen LogP contribution in [0.4, 0.5) is 5.69 Å². The normalized spacial score (nSPS) is 12.2. The fourth-order valence-electron chi connectivity index (χ4n) is 3.47. The van der Waals surface area contributed by atoms with E-state index in [0.717, 1.165) is 5.56 Å². The molecule has 0 aliphatic heterocycles. The Kier molecular flexibility index (Phi) is 10.3.